The van der Waals surface area contributed by atoms with Crippen LogP contribution in [0.15, 0.2) is 18.3 Å². The second kappa shape index (κ2) is 9.32. The number of carbonyl (C=O) groups excluding carboxylic acids is 1. The average molecular weight is 338 g/mol. The molecule has 7 heteroatoms. The lowest BCUT2D eigenvalue weighted by atomic mass is 10.2. The molecular formula is C17H27FN4O2. The summed E-state index contributed by atoms with van der Waals surface area (Å²) in [5.41, 5.74) is -0.251. The number of halogens is 1. The lowest BCUT2D eigenvalue weighted by molar-refractivity contribution is -0.155. The van der Waals surface area contributed by atoms with E-state index in [0.717, 1.165) is 36.7 Å². The smallest absolute Gasteiger partial charge is 0.307 e. The molecule has 0 amide bonds. The number of hydrogen-bond donors (Lipinski definition) is 2. The molecule has 0 radical (unpaired) electrons. The Morgan fingerprint density at radius 2 is 1.96 bits per heavy atom. The van der Waals surface area contributed by atoms with E-state index < -0.39 is 5.82 Å². The maximum Gasteiger partial charge on any atom is 0.307 e. The zero-order valence-electron chi connectivity index (χ0n) is 14.6. The minimum absolute atomic E-state index is 0.0793. The third-order valence-electron chi connectivity index (χ3n) is 3.33. The van der Waals surface area contributed by atoms with Crippen LogP contribution in [0.2, 0.25) is 0 Å². The molecule has 0 saturated carbocycles. The summed E-state index contributed by atoms with van der Waals surface area (Å²) < 4.78 is 18.6. The van der Waals surface area contributed by atoms with Gasteiger partial charge in [-0.05, 0) is 58.8 Å². The second-order valence-electron chi connectivity index (χ2n) is 6.65. The Balaban J connectivity index is 0.000000254. The summed E-state index contributed by atoms with van der Waals surface area (Å²) >= 11 is 0. The van der Waals surface area contributed by atoms with Crippen LogP contribution in [0.25, 0.3) is 0 Å². The van der Waals surface area contributed by atoms with E-state index >= 15 is 0 Å². The highest BCUT2D eigenvalue weighted by Crippen LogP contribution is 2.11. The van der Waals surface area contributed by atoms with Crippen LogP contribution >= 0.6 is 0 Å². The van der Waals surface area contributed by atoms with E-state index in [1.54, 1.807) is 0 Å². The van der Waals surface area contributed by atoms with Crippen molar-refractivity contribution in [3.63, 3.8) is 0 Å². The monoisotopic (exact) mass is 338 g/mol. The van der Waals surface area contributed by atoms with Gasteiger partial charge in [-0.25, -0.2) is 4.39 Å². The zero-order valence-corrected chi connectivity index (χ0v) is 14.6. The van der Waals surface area contributed by atoms with Gasteiger partial charge >= 0.3 is 5.97 Å². The van der Waals surface area contributed by atoms with Crippen LogP contribution in [-0.4, -0.2) is 47.0 Å². The summed E-state index contributed by atoms with van der Waals surface area (Å²) in [5.74, 6) is -0.524. The molecule has 1 aromatic rings. The molecule has 0 atom stereocenters. The molecule has 1 saturated heterocycles. The van der Waals surface area contributed by atoms with Gasteiger partial charge in [-0.2, -0.15) is 0 Å². The van der Waals surface area contributed by atoms with Crippen molar-refractivity contribution < 1.29 is 13.9 Å². The molecular weight excluding hydrogens is 311 g/mol. The van der Waals surface area contributed by atoms with Gasteiger partial charge in [0.1, 0.15) is 16.9 Å². The van der Waals surface area contributed by atoms with Crippen molar-refractivity contribution in [2.24, 2.45) is 0 Å². The van der Waals surface area contributed by atoms with Crippen molar-refractivity contribution >= 4 is 12.3 Å². The Morgan fingerprint density at radius 1 is 1.33 bits per heavy atom. The van der Waals surface area contributed by atoms with Crippen molar-refractivity contribution in [1.29, 1.82) is 10.8 Å². The fourth-order valence-corrected chi connectivity index (χ4v) is 2.25. The molecule has 0 aromatic carbocycles. The maximum atomic E-state index is 12.3. The van der Waals surface area contributed by atoms with Gasteiger partial charge in [-0.15, -0.1) is 0 Å². The lowest BCUT2D eigenvalue weighted by Crippen LogP contribution is -2.28. The van der Waals surface area contributed by atoms with Gasteiger partial charge in [0.05, 0.1) is 12.8 Å². The quantitative estimate of drug-likeness (QED) is 0.502. The van der Waals surface area contributed by atoms with Gasteiger partial charge < -0.3 is 9.64 Å². The molecule has 0 aliphatic carbocycles. The minimum atomic E-state index is -0.445. The first-order valence-corrected chi connectivity index (χ1v) is 8.08. The fourth-order valence-electron chi connectivity index (χ4n) is 2.25. The normalized spacial score (nSPS) is 14.7. The molecule has 2 N–H and O–H groups in total. The third-order valence-corrected chi connectivity index (χ3v) is 3.33. The summed E-state index contributed by atoms with van der Waals surface area (Å²) in [5, 5.41) is 13.8. The van der Waals surface area contributed by atoms with Crippen molar-refractivity contribution in [1.82, 2.24) is 9.47 Å². The fraction of sp³-hybridized carbons (Fsp3) is 0.588. The number of esters is 1. The van der Waals surface area contributed by atoms with E-state index in [2.05, 4.69) is 4.90 Å². The first-order chi connectivity index (χ1) is 11.2. The molecule has 0 bridgehead atoms. The number of rotatable bonds is 4. The van der Waals surface area contributed by atoms with Gasteiger partial charge in [0.2, 0.25) is 0 Å². The van der Waals surface area contributed by atoms with E-state index in [-0.39, 0.29) is 17.1 Å². The topological polar surface area (TPSA) is 82.2 Å². The highest BCUT2D eigenvalue weighted by atomic mass is 19.1. The minimum Gasteiger partial charge on any atom is -0.460 e. The van der Waals surface area contributed by atoms with Crippen molar-refractivity contribution in [2.45, 2.75) is 45.6 Å². The highest BCUT2D eigenvalue weighted by Gasteiger charge is 2.18. The van der Waals surface area contributed by atoms with Gasteiger partial charge in [-0.1, -0.05) is 0 Å². The number of hydrogen-bond acceptors (Lipinski definition) is 5. The number of nitrogens with one attached hydrogen (secondary N) is 2. The molecule has 2 rings (SSSR count). The molecule has 2 heterocycles. The van der Waals surface area contributed by atoms with Crippen LogP contribution in [0.4, 0.5) is 4.39 Å². The zero-order chi connectivity index (χ0) is 18.2. The Morgan fingerprint density at radius 3 is 2.46 bits per heavy atom. The van der Waals surface area contributed by atoms with Crippen molar-refractivity contribution in [3.8, 4) is 0 Å². The lowest BCUT2D eigenvalue weighted by Gasteiger charge is -2.20. The standard InChI is InChI=1S/C11H21NO2.C6H6FN3/c1-11(2,3)14-10(13)6-9-12-7-4-5-8-12;7-5-1-2-6(9)10(3-5)4-8/h4-9H2,1-3H3;1-4,8-9H. The summed E-state index contributed by atoms with van der Waals surface area (Å²) in [6, 6.07) is 2.47. The number of likely N-dealkylation sites (tertiary alicyclic amines) is 1. The van der Waals surface area contributed by atoms with Gasteiger partial charge in [-0.3, -0.25) is 20.2 Å². The van der Waals surface area contributed by atoms with Crippen LogP contribution in [0.1, 0.15) is 40.0 Å². The third kappa shape index (κ3) is 8.01. The van der Waals surface area contributed by atoms with E-state index in [0.29, 0.717) is 6.42 Å². The van der Waals surface area contributed by atoms with E-state index in [9.17, 15) is 9.18 Å². The molecule has 6 nitrogen and oxygen atoms in total. The Kier molecular flexibility index (Phi) is 7.78. The molecule has 0 spiro atoms. The number of ether oxygens (including phenoxy) is 1. The molecule has 1 fully saturated rings. The Labute approximate surface area is 142 Å². The largest absolute Gasteiger partial charge is 0.460 e. The highest BCUT2D eigenvalue weighted by molar-refractivity contribution is 5.70. The van der Waals surface area contributed by atoms with Gasteiger partial charge in [0.15, 0.2) is 0 Å². The number of pyridine rings is 1. The number of carbonyl (C=O) groups is 1. The predicted molar refractivity (Wildman–Crippen MR) is 90.6 cm³/mol. The van der Waals surface area contributed by atoms with E-state index in [1.807, 2.05) is 20.8 Å². The SMILES string of the molecule is CC(C)(C)OC(=O)CCN1CCCC1.N=Cn1cc(F)ccc1=N. The first kappa shape index (κ1) is 20.0. The maximum absolute atomic E-state index is 12.3. The Bertz CT molecular complexity index is 601. The van der Waals surface area contributed by atoms with Crippen LogP contribution in [0, 0.1) is 16.6 Å². The molecule has 134 valence electrons. The Hall–Kier alpha value is -2.02. The summed E-state index contributed by atoms with van der Waals surface area (Å²) in [7, 11) is 0. The summed E-state index contributed by atoms with van der Waals surface area (Å²) in [6.07, 6.45) is 5.03. The molecule has 1 aromatic heterocycles. The number of nitrogens with zero attached hydrogens (tertiary/aromatic N) is 2. The summed E-state index contributed by atoms with van der Waals surface area (Å²) in [6.45, 7) is 8.85. The van der Waals surface area contributed by atoms with Crippen LogP contribution < -0.4 is 5.49 Å². The molecule has 1 aliphatic rings. The predicted octanol–water partition coefficient (Wildman–Crippen LogP) is 2.38. The molecule has 24 heavy (non-hydrogen) atoms. The van der Waals surface area contributed by atoms with Gasteiger partial charge in [0.25, 0.3) is 0 Å². The second-order valence-corrected chi connectivity index (χ2v) is 6.65. The molecule has 1 aliphatic heterocycles. The summed E-state index contributed by atoms with van der Waals surface area (Å²) in [4.78, 5) is 13.7. The van der Waals surface area contributed by atoms with Crippen molar-refractivity contribution in [3.05, 3.63) is 29.6 Å². The number of aromatic nitrogens is 1. The molecule has 0 unspecified atom stereocenters. The van der Waals surface area contributed by atoms with E-state index in [1.165, 1.54) is 25.0 Å². The van der Waals surface area contributed by atoms with Crippen LogP contribution in [-0.2, 0) is 9.53 Å². The van der Waals surface area contributed by atoms with Crippen LogP contribution in [0.5, 0.6) is 0 Å². The van der Waals surface area contributed by atoms with E-state index in [4.69, 9.17) is 15.6 Å². The van der Waals surface area contributed by atoms with Crippen molar-refractivity contribution in [2.75, 3.05) is 19.6 Å². The first-order valence-electron chi connectivity index (χ1n) is 8.08. The van der Waals surface area contributed by atoms with Gasteiger partial charge in [0, 0.05) is 12.7 Å². The average Bonchev–Trinajstić information content (AvgIpc) is 3.00. The van der Waals surface area contributed by atoms with Crippen LogP contribution in [0.3, 0.4) is 0 Å².